The summed E-state index contributed by atoms with van der Waals surface area (Å²) in [6, 6.07) is 18.1. The van der Waals surface area contributed by atoms with Crippen LogP contribution in [0.25, 0.3) is 11.1 Å². The van der Waals surface area contributed by atoms with Gasteiger partial charge in [0.25, 0.3) is 0 Å². The number of carbonyl (C=O) groups is 1. The number of alkyl halides is 3. The van der Waals surface area contributed by atoms with Gasteiger partial charge in [0.15, 0.2) is 5.82 Å². The number of amides is 1. The normalized spacial score (nSPS) is 16.9. The largest absolute Gasteiger partial charge is 0.494 e. The predicted molar refractivity (Wildman–Crippen MR) is 180 cm³/mol. The molecule has 0 spiro atoms. The number of hydrogen-bond acceptors (Lipinski definition) is 9. The third-order valence-corrected chi connectivity index (χ3v) is 8.47. The number of anilines is 5. The van der Waals surface area contributed by atoms with Gasteiger partial charge >= 0.3 is 6.18 Å². The van der Waals surface area contributed by atoms with Crippen LogP contribution < -0.4 is 25.3 Å². The smallest absolute Gasteiger partial charge is 0.416 e. The first-order valence-corrected chi connectivity index (χ1v) is 15.5. The molecule has 1 aromatic heterocycles. The van der Waals surface area contributed by atoms with Crippen LogP contribution in [0.1, 0.15) is 23.6 Å². The fourth-order valence-corrected chi connectivity index (χ4v) is 5.88. The minimum Gasteiger partial charge on any atom is -0.494 e. The highest BCUT2D eigenvalue weighted by molar-refractivity contribution is 6.02. The van der Waals surface area contributed by atoms with E-state index >= 15 is 0 Å². The molecule has 250 valence electrons. The number of methoxy groups -OCH3 is 1. The Morgan fingerprint density at radius 1 is 1.00 bits per heavy atom. The Balaban J connectivity index is 1.25. The molecule has 0 radical (unpaired) electrons. The predicted octanol–water partition coefficient (Wildman–Crippen LogP) is 6.67. The lowest BCUT2D eigenvalue weighted by Gasteiger charge is -2.35. The van der Waals surface area contributed by atoms with Crippen LogP contribution in [-0.2, 0) is 15.8 Å². The average molecular weight is 660 g/mol. The molecule has 3 aromatic carbocycles. The van der Waals surface area contributed by atoms with E-state index in [1.54, 1.807) is 18.2 Å². The lowest BCUT2D eigenvalue weighted by molar-refractivity contribution is -0.137. The summed E-state index contributed by atoms with van der Waals surface area (Å²) in [7, 11) is 3.67. The molecule has 48 heavy (non-hydrogen) atoms. The molecular weight excluding hydrogens is 623 g/mol. The quantitative estimate of drug-likeness (QED) is 0.191. The number of nitrogens with one attached hydrogen (secondary N) is 2. The van der Waals surface area contributed by atoms with Crippen molar-refractivity contribution < 1.29 is 27.5 Å². The number of hydroxylamine groups is 1. The van der Waals surface area contributed by atoms with Crippen molar-refractivity contribution in [3.63, 3.8) is 0 Å². The number of carbonyl (C=O) groups excluding carboxylic acids is 1. The molecule has 1 atom stereocenters. The summed E-state index contributed by atoms with van der Waals surface area (Å²) in [4.78, 5) is 31.8. The number of hydrogen-bond donors (Lipinski definition) is 2. The highest BCUT2D eigenvalue weighted by Crippen LogP contribution is 2.40. The molecule has 0 saturated carbocycles. The zero-order valence-corrected chi connectivity index (χ0v) is 26.6. The van der Waals surface area contributed by atoms with E-state index in [-0.39, 0.29) is 11.9 Å². The topological polar surface area (TPSA) is 95.1 Å². The van der Waals surface area contributed by atoms with E-state index < -0.39 is 11.7 Å². The Morgan fingerprint density at radius 2 is 1.77 bits per heavy atom. The Hall–Kier alpha value is -5.14. The van der Waals surface area contributed by atoms with Crippen molar-refractivity contribution in [2.24, 2.45) is 0 Å². The summed E-state index contributed by atoms with van der Waals surface area (Å²) in [5, 5.41) is 7.97. The molecule has 2 aliphatic rings. The molecule has 6 rings (SSSR count). The maximum Gasteiger partial charge on any atom is 0.416 e. The Bertz CT molecular complexity index is 1780. The first kappa shape index (κ1) is 32.8. The van der Waals surface area contributed by atoms with Crippen LogP contribution >= 0.6 is 0 Å². The van der Waals surface area contributed by atoms with Crippen LogP contribution in [0.3, 0.4) is 0 Å². The number of ether oxygens (including phenoxy) is 1. The second kappa shape index (κ2) is 13.9. The SMILES string of the molecule is C=CC(=O)Nc1cc(Nc2cc(N3OCC[C@@H]3c3cccc(-c4ccc(C(F)(F)F)cc4)c3)ncn2)c(OC)cc1N1CCN(C)CC1. The van der Waals surface area contributed by atoms with Gasteiger partial charge in [-0.25, -0.2) is 15.0 Å². The molecule has 4 aromatic rings. The number of piperazine rings is 1. The molecule has 0 unspecified atom stereocenters. The summed E-state index contributed by atoms with van der Waals surface area (Å²) in [6.07, 6.45) is -1.05. The van der Waals surface area contributed by atoms with E-state index in [0.29, 0.717) is 47.4 Å². The molecule has 0 aliphatic carbocycles. The van der Waals surface area contributed by atoms with E-state index in [2.05, 4.69) is 44.0 Å². The van der Waals surface area contributed by atoms with Crippen LogP contribution in [-0.4, -0.2) is 67.7 Å². The number of likely N-dealkylation sites (N-methyl/N-ethyl adjacent to an activating group) is 1. The van der Waals surface area contributed by atoms with Gasteiger partial charge in [-0.2, -0.15) is 13.2 Å². The number of nitrogens with zero attached hydrogens (tertiary/aromatic N) is 5. The lowest BCUT2D eigenvalue weighted by atomic mass is 9.97. The van der Waals surface area contributed by atoms with Gasteiger partial charge in [0.1, 0.15) is 17.9 Å². The minimum absolute atomic E-state index is 0.194. The summed E-state index contributed by atoms with van der Waals surface area (Å²) in [5.74, 6) is 1.23. The maximum absolute atomic E-state index is 13.1. The highest BCUT2D eigenvalue weighted by atomic mass is 19.4. The van der Waals surface area contributed by atoms with Crippen LogP contribution in [0.15, 0.2) is 85.7 Å². The van der Waals surface area contributed by atoms with Crippen molar-refractivity contribution in [3.8, 4) is 16.9 Å². The van der Waals surface area contributed by atoms with Crippen molar-refractivity contribution in [1.29, 1.82) is 0 Å². The fraction of sp³-hybridized carbons (Fsp3) is 0.286. The van der Waals surface area contributed by atoms with Gasteiger partial charge in [-0.1, -0.05) is 36.9 Å². The number of benzene rings is 3. The van der Waals surface area contributed by atoms with E-state index in [1.165, 1.54) is 24.5 Å². The van der Waals surface area contributed by atoms with Gasteiger partial charge in [0, 0.05) is 44.7 Å². The number of aromatic nitrogens is 2. The van der Waals surface area contributed by atoms with Gasteiger partial charge in [0.2, 0.25) is 5.91 Å². The van der Waals surface area contributed by atoms with Crippen molar-refractivity contribution in [2.45, 2.75) is 18.6 Å². The van der Waals surface area contributed by atoms with E-state index in [1.807, 2.05) is 36.4 Å². The summed E-state index contributed by atoms with van der Waals surface area (Å²) >= 11 is 0. The summed E-state index contributed by atoms with van der Waals surface area (Å²) < 4.78 is 45.1. The molecule has 2 N–H and O–H groups in total. The monoisotopic (exact) mass is 659 g/mol. The lowest BCUT2D eigenvalue weighted by Crippen LogP contribution is -2.44. The molecular formula is C35H36F3N7O3. The highest BCUT2D eigenvalue weighted by Gasteiger charge is 2.31. The molecule has 3 heterocycles. The molecule has 1 amide bonds. The van der Waals surface area contributed by atoms with Crippen molar-refractivity contribution in [1.82, 2.24) is 14.9 Å². The summed E-state index contributed by atoms with van der Waals surface area (Å²) in [6.45, 7) is 7.42. The van der Waals surface area contributed by atoms with Gasteiger partial charge in [-0.3, -0.25) is 9.63 Å². The van der Waals surface area contributed by atoms with Crippen molar-refractivity contribution in [3.05, 3.63) is 96.8 Å². The van der Waals surface area contributed by atoms with E-state index in [0.717, 1.165) is 55.1 Å². The van der Waals surface area contributed by atoms with Crippen LogP contribution in [0.2, 0.25) is 0 Å². The van der Waals surface area contributed by atoms with Crippen LogP contribution in [0, 0.1) is 0 Å². The molecule has 2 aliphatic heterocycles. The Labute approximate surface area is 276 Å². The van der Waals surface area contributed by atoms with Gasteiger partial charge < -0.3 is 25.2 Å². The van der Waals surface area contributed by atoms with Gasteiger partial charge in [0.05, 0.1) is 42.4 Å². The zero-order valence-electron chi connectivity index (χ0n) is 26.6. The third-order valence-electron chi connectivity index (χ3n) is 8.47. The van der Waals surface area contributed by atoms with Crippen molar-refractivity contribution in [2.75, 3.05) is 67.5 Å². The van der Waals surface area contributed by atoms with Gasteiger partial charge in [-0.05, 0) is 54.1 Å². The second-order valence-electron chi connectivity index (χ2n) is 11.6. The Kier molecular flexibility index (Phi) is 9.51. The molecule has 2 saturated heterocycles. The number of halogens is 3. The first-order valence-electron chi connectivity index (χ1n) is 15.5. The average Bonchev–Trinajstić information content (AvgIpc) is 3.59. The molecule has 0 bridgehead atoms. The fourth-order valence-electron chi connectivity index (χ4n) is 5.88. The molecule has 2 fully saturated rings. The second-order valence-corrected chi connectivity index (χ2v) is 11.6. The summed E-state index contributed by atoms with van der Waals surface area (Å²) in [5.41, 5.74) is 3.76. The standard InChI is InChI=1S/C35H36F3N7O3/c1-4-34(46)42-27-19-28(31(47-3)20-30(27)44-15-13-43(2)14-16-44)41-32-21-33(40-22-39-32)45-29(12-17-48-45)25-7-5-6-24(18-25)23-8-10-26(11-9-23)35(36,37)38/h4-11,18-22,29H,1,12-17H2,2-3H3,(H,42,46)(H,39,40,41)/t29-/m1/s1. The van der Waals surface area contributed by atoms with E-state index in [4.69, 9.17) is 9.57 Å². The number of rotatable bonds is 9. The van der Waals surface area contributed by atoms with Gasteiger partial charge in [-0.15, -0.1) is 0 Å². The minimum atomic E-state index is -4.39. The van der Waals surface area contributed by atoms with Crippen LogP contribution in [0.5, 0.6) is 5.75 Å². The molecule has 13 heteroatoms. The van der Waals surface area contributed by atoms with Crippen LogP contribution in [0.4, 0.5) is 41.9 Å². The first-order chi connectivity index (χ1) is 23.1. The maximum atomic E-state index is 13.1. The van der Waals surface area contributed by atoms with Crippen molar-refractivity contribution >= 4 is 34.6 Å². The molecule has 10 nitrogen and oxygen atoms in total. The van der Waals surface area contributed by atoms with E-state index in [9.17, 15) is 18.0 Å². The Morgan fingerprint density at radius 3 is 2.48 bits per heavy atom. The zero-order chi connectivity index (χ0) is 33.8. The third kappa shape index (κ3) is 7.21.